The number of hydrogen-bond donors (Lipinski definition) is 2. The number of rotatable bonds is 5. The Hall–Kier alpha value is -1.52. The molecule has 0 radical (unpaired) electrons. The van der Waals surface area contributed by atoms with Gasteiger partial charge in [-0.1, -0.05) is 6.92 Å². The minimum Gasteiger partial charge on any atom is -0.351 e. The van der Waals surface area contributed by atoms with Crippen LogP contribution in [0.5, 0.6) is 0 Å². The van der Waals surface area contributed by atoms with Gasteiger partial charge in [0.25, 0.3) is 0 Å². The minimum absolute atomic E-state index is 0.128. The summed E-state index contributed by atoms with van der Waals surface area (Å²) in [7, 11) is 0. The van der Waals surface area contributed by atoms with E-state index in [9.17, 15) is 4.79 Å². The van der Waals surface area contributed by atoms with Crippen LogP contribution in [0, 0.1) is 23.7 Å². The third kappa shape index (κ3) is 4.49. The van der Waals surface area contributed by atoms with Gasteiger partial charge in [-0.15, -0.1) is 12.3 Å². The number of nitrogens with two attached hydrogens (primary N) is 1. The summed E-state index contributed by atoms with van der Waals surface area (Å²) < 4.78 is 0. The van der Waals surface area contributed by atoms with E-state index in [-0.39, 0.29) is 18.4 Å². The Morgan fingerprint density at radius 1 is 1.64 bits per heavy atom. The third-order valence-electron chi connectivity index (χ3n) is 1.85. The molecule has 4 heteroatoms. The van der Waals surface area contributed by atoms with Crippen LogP contribution in [0.25, 0.3) is 0 Å². The molecule has 76 valence electrons. The van der Waals surface area contributed by atoms with Crippen LogP contribution in [0.4, 0.5) is 0 Å². The standard InChI is InChI=1S/C10H15N3O/c1-3-5-9(12)10(14)13-8(4-2)6-7-11/h1,8-9H,4-6,12H2,2H3,(H,13,14). The molecule has 2 unspecified atom stereocenters. The van der Waals surface area contributed by atoms with E-state index in [1.807, 2.05) is 13.0 Å². The lowest BCUT2D eigenvalue weighted by atomic mass is 10.1. The average molecular weight is 193 g/mol. The molecule has 0 aromatic rings. The maximum absolute atomic E-state index is 11.3. The number of hydrogen-bond acceptors (Lipinski definition) is 3. The quantitative estimate of drug-likeness (QED) is 0.610. The van der Waals surface area contributed by atoms with Crippen molar-refractivity contribution < 1.29 is 4.79 Å². The van der Waals surface area contributed by atoms with E-state index >= 15 is 0 Å². The van der Waals surface area contributed by atoms with Gasteiger partial charge in [0.15, 0.2) is 0 Å². The van der Waals surface area contributed by atoms with E-state index in [2.05, 4.69) is 11.2 Å². The lowest BCUT2D eigenvalue weighted by Gasteiger charge is -2.16. The van der Waals surface area contributed by atoms with Gasteiger partial charge in [-0.05, 0) is 6.42 Å². The second-order valence-electron chi connectivity index (χ2n) is 2.99. The fourth-order valence-electron chi connectivity index (χ4n) is 0.936. The van der Waals surface area contributed by atoms with Crippen molar-refractivity contribution in [2.24, 2.45) is 5.73 Å². The molecule has 3 N–H and O–H groups in total. The Morgan fingerprint density at radius 2 is 2.29 bits per heavy atom. The van der Waals surface area contributed by atoms with Gasteiger partial charge in [0, 0.05) is 12.5 Å². The summed E-state index contributed by atoms with van der Waals surface area (Å²) in [4.78, 5) is 11.3. The zero-order chi connectivity index (χ0) is 11.0. The van der Waals surface area contributed by atoms with Crippen molar-refractivity contribution >= 4 is 5.91 Å². The maximum Gasteiger partial charge on any atom is 0.238 e. The van der Waals surface area contributed by atoms with Gasteiger partial charge in [0.2, 0.25) is 5.91 Å². The van der Waals surface area contributed by atoms with E-state index in [4.69, 9.17) is 17.4 Å². The van der Waals surface area contributed by atoms with E-state index in [0.717, 1.165) is 0 Å². The van der Waals surface area contributed by atoms with E-state index in [1.54, 1.807) is 0 Å². The van der Waals surface area contributed by atoms with Gasteiger partial charge in [0.05, 0.1) is 18.5 Å². The highest BCUT2D eigenvalue weighted by Gasteiger charge is 2.15. The molecule has 2 atom stereocenters. The first-order valence-corrected chi connectivity index (χ1v) is 4.52. The molecule has 0 aromatic heterocycles. The molecule has 0 aliphatic carbocycles. The molecule has 1 amide bonds. The molecule has 0 rings (SSSR count). The maximum atomic E-state index is 11.3. The highest BCUT2D eigenvalue weighted by Crippen LogP contribution is 1.97. The summed E-state index contributed by atoms with van der Waals surface area (Å²) in [5, 5.41) is 11.1. The van der Waals surface area contributed by atoms with Crippen LogP contribution >= 0.6 is 0 Å². The third-order valence-corrected chi connectivity index (χ3v) is 1.85. The molecule has 0 bridgehead atoms. The van der Waals surface area contributed by atoms with Gasteiger partial charge >= 0.3 is 0 Å². The number of nitrogens with one attached hydrogen (secondary N) is 1. The van der Waals surface area contributed by atoms with Crippen LogP contribution in [0.1, 0.15) is 26.2 Å². The molecule has 0 aliphatic rings. The van der Waals surface area contributed by atoms with E-state index in [0.29, 0.717) is 12.8 Å². The van der Waals surface area contributed by atoms with Crippen molar-refractivity contribution in [3.8, 4) is 18.4 Å². The van der Waals surface area contributed by atoms with Crippen molar-refractivity contribution in [3.05, 3.63) is 0 Å². The Bertz CT molecular complexity index is 262. The van der Waals surface area contributed by atoms with E-state index < -0.39 is 6.04 Å². The molecule has 14 heavy (non-hydrogen) atoms. The monoisotopic (exact) mass is 193 g/mol. The first-order chi connectivity index (χ1) is 6.65. The topological polar surface area (TPSA) is 78.9 Å². The summed E-state index contributed by atoms with van der Waals surface area (Å²) in [6.45, 7) is 1.90. The summed E-state index contributed by atoms with van der Waals surface area (Å²) in [6.07, 6.45) is 6.25. The lowest BCUT2D eigenvalue weighted by Crippen LogP contribution is -2.44. The fraction of sp³-hybridized carbons (Fsp3) is 0.600. The van der Waals surface area contributed by atoms with Gasteiger partial charge in [0.1, 0.15) is 0 Å². The minimum atomic E-state index is -0.673. The van der Waals surface area contributed by atoms with Crippen molar-refractivity contribution in [1.82, 2.24) is 5.32 Å². The SMILES string of the molecule is C#CCC(N)C(=O)NC(CC)CC#N. The number of carbonyl (C=O) groups is 1. The normalized spacial score (nSPS) is 13.4. The van der Waals surface area contributed by atoms with Crippen LogP contribution < -0.4 is 11.1 Å². The lowest BCUT2D eigenvalue weighted by molar-refractivity contribution is -0.122. The second-order valence-corrected chi connectivity index (χ2v) is 2.99. The molecule has 4 nitrogen and oxygen atoms in total. The smallest absolute Gasteiger partial charge is 0.238 e. The largest absolute Gasteiger partial charge is 0.351 e. The molecular formula is C10H15N3O. The Kier molecular flexibility index (Phi) is 6.19. The number of nitriles is 1. The summed E-state index contributed by atoms with van der Waals surface area (Å²) in [5.41, 5.74) is 5.49. The highest BCUT2D eigenvalue weighted by atomic mass is 16.2. The zero-order valence-electron chi connectivity index (χ0n) is 8.29. The van der Waals surface area contributed by atoms with Gasteiger partial charge in [-0.3, -0.25) is 4.79 Å². The average Bonchev–Trinajstić information content (AvgIpc) is 2.17. The molecule has 0 heterocycles. The fourth-order valence-corrected chi connectivity index (χ4v) is 0.936. The van der Waals surface area contributed by atoms with Crippen molar-refractivity contribution in [2.75, 3.05) is 0 Å². The first kappa shape index (κ1) is 12.5. The number of terminal acetylenes is 1. The molecular weight excluding hydrogens is 178 g/mol. The van der Waals surface area contributed by atoms with Crippen LogP contribution in [0.2, 0.25) is 0 Å². The molecule has 0 fully saturated rings. The summed E-state index contributed by atoms with van der Waals surface area (Å²) in [6, 6.07) is 1.20. The second kappa shape index (κ2) is 6.94. The van der Waals surface area contributed by atoms with Gasteiger partial charge in [-0.25, -0.2) is 0 Å². The summed E-state index contributed by atoms with van der Waals surface area (Å²) in [5.74, 6) is 2.03. The summed E-state index contributed by atoms with van der Waals surface area (Å²) >= 11 is 0. The number of nitrogens with zero attached hydrogens (tertiary/aromatic N) is 1. The molecule has 0 saturated heterocycles. The van der Waals surface area contributed by atoms with Crippen molar-refractivity contribution in [1.29, 1.82) is 5.26 Å². The Morgan fingerprint density at radius 3 is 2.71 bits per heavy atom. The van der Waals surface area contributed by atoms with Crippen LogP contribution in [-0.2, 0) is 4.79 Å². The zero-order valence-corrected chi connectivity index (χ0v) is 8.29. The number of amides is 1. The molecule has 0 aliphatic heterocycles. The van der Waals surface area contributed by atoms with Crippen LogP contribution in [-0.4, -0.2) is 18.0 Å². The van der Waals surface area contributed by atoms with E-state index in [1.165, 1.54) is 0 Å². The molecule has 0 aromatic carbocycles. The first-order valence-electron chi connectivity index (χ1n) is 4.52. The van der Waals surface area contributed by atoms with Crippen LogP contribution in [0.3, 0.4) is 0 Å². The van der Waals surface area contributed by atoms with Gasteiger partial charge < -0.3 is 11.1 Å². The highest BCUT2D eigenvalue weighted by molar-refractivity contribution is 5.82. The predicted molar refractivity (Wildman–Crippen MR) is 53.9 cm³/mol. The molecule has 0 spiro atoms. The van der Waals surface area contributed by atoms with Crippen molar-refractivity contribution in [3.63, 3.8) is 0 Å². The van der Waals surface area contributed by atoms with Gasteiger partial charge in [-0.2, -0.15) is 5.26 Å². The van der Waals surface area contributed by atoms with Crippen LogP contribution in [0.15, 0.2) is 0 Å². The number of carbonyl (C=O) groups excluding carboxylic acids is 1. The predicted octanol–water partition coefficient (Wildman–Crippen LogP) is 0.145. The molecule has 0 saturated carbocycles. The Balaban J connectivity index is 4.04. The van der Waals surface area contributed by atoms with Crippen molar-refractivity contribution in [2.45, 2.75) is 38.3 Å². The Labute approximate surface area is 84.5 Å².